The van der Waals surface area contributed by atoms with E-state index in [9.17, 15) is 0 Å². The molecule has 5 heteroatoms. The largest absolute Gasteiger partial charge is 0.340 e. The Morgan fingerprint density at radius 3 is 3.20 bits per heavy atom. The minimum Gasteiger partial charge on any atom is -0.340 e. The molecule has 4 heterocycles. The Kier molecular flexibility index (Phi) is 3.24. The Hall–Kier alpha value is -1.33. The van der Waals surface area contributed by atoms with Crippen LogP contribution in [0.15, 0.2) is 24.5 Å². The van der Waals surface area contributed by atoms with Gasteiger partial charge < -0.3 is 4.98 Å². The zero-order chi connectivity index (χ0) is 13.4. The van der Waals surface area contributed by atoms with Crippen molar-refractivity contribution in [2.75, 3.05) is 18.1 Å². The lowest BCUT2D eigenvalue weighted by atomic mass is 10.1. The molecule has 2 aromatic heterocycles. The monoisotopic (exact) mass is 286 g/mol. The molecule has 2 aliphatic rings. The molecule has 1 N–H and O–H groups in total. The fourth-order valence-electron chi connectivity index (χ4n) is 3.08. The fourth-order valence-corrected chi connectivity index (χ4v) is 4.33. The van der Waals surface area contributed by atoms with Gasteiger partial charge in [0, 0.05) is 49.3 Å². The van der Waals surface area contributed by atoms with Crippen LogP contribution in [0.2, 0.25) is 0 Å². The molecule has 1 atom stereocenters. The first-order valence-electron chi connectivity index (χ1n) is 7.20. The van der Waals surface area contributed by atoms with Crippen LogP contribution in [0.1, 0.15) is 17.8 Å². The van der Waals surface area contributed by atoms with E-state index in [0.717, 1.165) is 36.9 Å². The van der Waals surface area contributed by atoms with Crippen LogP contribution in [-0.4, -0.2) is 43.9 Å². The third-order valence-electron chi connectivity index (χ3n) is 4.22. The number of hydrogen-bond donors (Lipinski definition) is 1. The van der Waals surface area contributed by atoms with Crippen LogP contribution in [0.5, 0.6) is 0 Å². The summed E-state index contributed by atoms with van der Waals surface area (Å²) in [5, 5.41) is 0. The number of aromatic nitrogens is 3. The van der Waals surface area contributed by atoms with E-state index in [1.807, 2.05) is 12.3 Å². The zero-order valence-electron chi connectivity index (χ0n) is 11.4. The molecule has 2 aromatic rings. The van der Waals surface area contributed by atoms with E-state index in [1.54, 1.807) is 6.20 Å². The maximum Gasteiger partial charge on any atom is 0.139 e. The smallest absolute Gasteiger partial charge is 0.139 e. The quantitative estimate of drug-likeness (QED) is 0.920. The van der Waals surface area contributed by atoms with Gasteiger partial charge in [0.1, 0.15) is 5.82 Å². The topological polar surface area (TPSA) is 44.8 Å². The van der Waals surface area contributed by atoms with Crippen LogP contribution in [0, 0.1) is 0 Å². The summed E-state index contributed by atoms with van der Waals surface area (Å²) in [6.45, 7) is 2.17. The van der Waals surface area contributed by atoms with E-state index in [4.69, 9.17) is 4.98 Å². The van der Waals surface area contributed by atoms with Gasteiger partial charge in [-0.15, -0.1) is 0 Å². The Morgan fingerprint density at radius 1 is 1.40 bits per heavy atom. The Bertz CT molecular complexity index is 589. The van der Waals surface area contributed by atoms with Gasteiger partial charge in [0.2, 0.25) is 0 Å². The molecule has 2 aliphatic heterocycles. The molecule has 1 saturated heterocycles. The lowest BCUT2D eigenvalue weighted by Crippen LogP contribution is -2.39. The third-order valence-corrected chi connectivity index (χ3v) is 5.36. The van der Waals surface area contributed by atoms with Crippen molar-refractivity contribution in [1.29, 1.82) is 0 Å². The highest BCUT2D eigenvalue weighted by molar-refractivity contribution is 7.99. The summed E-state index contributed by atoms with van der Waals surface area (Å²) in [4.78, 5) is 15.0. The van der Waals surface area contributed by atoms with E-state index in [-0.39, 0.29) is 0 Å². The first-order valence-corrected chi connectivity index (χ1v) is 8.35. The van der Waals surface area contributed by atoms with E-state index in [1.165, 1.54) is 29.3 Å². The second kappa shape index (κ2) is 5.22. The first-order chi connectivity index (χ1) is 9.90. The van der Waals surface area contributed by atoms with Crippen molar-refractivity contribution in [2.24, 2.45) is 0 Å². The summed E-state index contributed by atoms with van der Waals surface area (Å²) < 4.78 is 0. The standard InChI is InChI=1S/C15H18N4S/c1-2-11(8-16-5-1)15-17-13-3-6-19(9-14(13)18-15)12-4-7-20-10-12/h1-2,5,8,12H,3-4,6-7,9-10H2,(H,17,18)/t12-/m0/s1. The number of nitrogens with zero attached hydrogens (tertiary/aromatic N) is 3. The van der Waals surface area contributed by atoms with Crippen LogP contribution in [0.3, 0.4) is 0 Å². The summed E-state index contributed by atoms with van der Waals surface area (Å²) in [6.07, 6.45) is 6.07. The maximum absolute atomic E-state index is 4.75. The van der Waals surface area contributed by atoms with Gasteiger partial charge in [0.15, 0.2) is 0 Å². The highest BCUT2D eigenvalue weighted by Crippen LogP contribution is 2.28. The van der Waals surface area contributed by atoms with Gasteiger partial charge in [0.25, 0.3) is 0 Å². The van der Waals surface area contributed by atoms with Gasteiger partial charge in [0.05, 0.1) is 11.4 Å². The lowest BCUT2D eigenvalue weighted by Gasteiger charge is -2.31. The second-order valence-corrected chi connectivity index (χ2v) is 6.64. The fraction of sp³-hybridized carbons (Fsp3) is 0.467. The molecule has 0 unspecified atom stereocenters. The lowest BCUT2D eigenvalue weighted by molar-refractivity contribution is 0.191. The van der Waals surface area contributed by atoms with Gasteiger partial charge in [-0.2, -0.15) is 11.8 Å². The Morgan fingerprint density at radius 2 is 2.40 bits per heavy atom. The number of nitrogens with one attached hydrogen (secondary N) is 1. The average Bonchev–Trinajstić information content (AvgIpc) is 3.16. The number of rotatable bonds is 2. The Labute approximate surface area is 123 Å². The minimum atomic E-state index is 0.762. The molecule has 0 amide bonds. The molecule has 0 spiro atoms. The van der Waals surface area contributed by atoms with Crippen LogP contribution < -0.4 is 0 Å². The third kappa shape index (κ3) is 2.25. The highest BCUT2D eigenvalue weighted by atomic mass is 32.2. The van der Waals surface area contributed by atoms with Gasteiger partial charge >= 0.3 is 0 Å². The molecule has 0 saturated carbocycles. The van der Waals surface area contributed by atoms with E-state index in [2.05, 4.69) is 32.7 Å². The number of aromatic amines is 1. The highest BCUT2D eigenvalue weighted by Gasteiger charge is 2.28. The van der Waals surface area contributed by atoms with Gasteiger partial charge in [-0.3, -0.25) is 9.88 Å². The van der Waals surface area contributed by atoms with Crippen LogP contribution in [0.25, 0.3) is 11.4 Å². The summed E-state index contributed by atoms with van der Waals surface area (Å²) in [7, 11) is 0. The maximum atomic E-state index is 4.75. The second-order valence-electron chi connectivity index (χ2n) is 5.49. The summed E-state index contributed by atoms with van der Waals surface area (Å²) in [6, 6.07) is 4.78. The predicted octanol–water partition coefficient (Wildman–Crippen LogP) is 2.34. The summed E-state index contributed by atoms with van der Waals surface area (Å²) >= 11 is 2.08. The number of fused-ring (bicyclic) bond motifs is 1. The number of H-pyrrole nitrogens is 1. The number of pyridine rings is 1. The van der Waals surface area contributed by atoms with Crippen LogP contribution in [-0.2, 0) is 13.0 Å². The molecule has 104 valence electrons. The van der Waals surface area contributed by atoms with Gasteiger partial charge in [-0.25, -0.2) is 4.98 Å². The van der Waals surface area contributed by atoms with Crippen LogP contribution in [0.4, 0.5) is 0 Å². The van der Waals surface area contributed by atoms with Crippen molar-refractivity contribution in [3.63, 3.8) is 0 Å². The molecule has 0 aliphatic carbocycles. The number of hydrogen-bond acceptors (Lipinski definition) is 4. The average molecular weight is 286 g/mol. The van der Waals surface area contributed by atoms with Crippen molar-refractivity contribution in [3.05, 3.63) is 35.9 Å². The van der Waals surface area contributed by atoms with Crippen molar-refractivity contribution in [2.45, 2.75) is 25.4 Å². The SMILES string of the molecule is c1cncc(-c2nc3c([nH]2)CN([C@H]2CCSC2)CC3)c1. The van der Waals surface area contributed by atoms with Crippen molar-refractivity contribution in [3.8, 4) is 11.4 Å². The molecule has 4 rings (SSSR count). The number of thioether (sulfide) groups is 1. The molecular weight excluding hydrogens is 268 g/mol. The molecule has 0 bridgehead atoms. The van der Waals surface area contributed by atoms with E-state index >= 15 is 0 Å². The summed E-state index contributed by atoms with van der Waals surface area (Å²) in [5.74, 6) is 3.57. The Balaban J connectivity index is 1.58. The molecule has 0 aromatic carbocycles. The molecular formula is C15H18N4S. The van der Waals surface area contributed by atoms with E-state index in [0.29, 0.717) is 0 Å². The minimum absolute atomic E-state index is 0.762. The molecule has 1 fully saturated rings. The van der Waals surface area contributed by atoms with Crippen molar-refractivity contribution < 1.29 is 0 Å². The van der Waals surface area contributed by atoms with Crippen LogP contribution >= 0.6 is 11.8 Å². The van der Waals surface area contributed by atoms with Crippen molar-refractivity contribution >= 4 is 11.8 Å². The predicted molar refractivity (Wildman–Crippen MR) is 81.7 cm³/mol. The molecule has 20 heavy (non-hydrogen) atoms. The molecule has 0 radical (unpaired) electrons. The van der Waals surface area contributed by atoms with Crippen molar-refractivity contribution in [1.82, 2.24) is 19.9 Å². The number of imidazole rings is 1. The molecule has 4 nitrogen and oxygen atoms in total. The van der Waals surface area contributed by atoms with Gasteiger partial charge in [-0.05, 0) is 24.3 Å². The zero-order valence-corrected chi connectivity index (χ0v) is 12.2. The first kappa shape index (κ1) is 12.4. The normalized spacial score (nSPS) is 22.9. The summed E-state index contributed by atoms with van der Waals surface area (Å²) in [5.41, 5.74) is 3.61. The van der Waals surface area contributed by atoms with E-state index < -0.39 is 0 Å². The van der Waals surface area contributed by atoms with Gasteiger partial charge in [-0.1, -0.05) is 0 Å².